The first-order valence-electron chi connectivity index (χ1n) is 5.56. The smallest absolute Gasteiger partial charge is 0.158 e. The van der Waals surface area contributed by atoms with E-state index in [-0.39, 0.29) is 0 Å². The molecule has 18 heavy (non-hydrogen) atoms. The molecule has 2 N–H and O–H groups in total. The Balaban J connectivity index is 1.95. The Labute approximate surface area is 104 Å². The monoisotopic (exact) mass is 240 g/mol. The third-order valence-corrected chi connectivity index (χ3v) is 2.68. The number of nitrogens with two attached hydrogens (primary N) is 1. The Bertz CT molecular complexity index is 705. The second-order valence-electron chi connectivity index (χ2n) is 4.05. The van der Waals surface area contributed by atoms with Crippen molar-refractivity contribution in [1.29, 1.82) is 0 Å². The molecule has 0 spiro atoms. The van der Waals surface area contributed by atoms with Crippen LogP contribution in [0, 0.1) is 6.92 Å². The summed E-state index contributed by atoms with van der Waals surface area (Å²) in [5, 5.41) is 4.03. The lowest BCUT2D eigenvalue weighted by Gasteiger charge is -2.09. The minimum Gasteiger partial charge on any atom is -0.457 e. The summed E-state index contributed by atoms with van der Waals surface area (Å²) in [6.07, 6.45) is 3.32. The molecule has 2 aromatic heterocycles. The van der Waals surface area contributed by atoms with Crippen LogP contribution in [-0.4, -0.2) is 14.6 Å². The molecule has 90 valence electrons. The molecule has 0 amide bonds. The topological polar surface area (TPSA) is 65.4 Å². The second kappa shape index (κ2) is 4.03. The molecule has 0 atom stereocenters. The molecule has 1 aromatic carbocycles. The van der Waals surface area contributed by atoms with Crippen LogP contribution in [0.25, 0.3) is 5.65 Å². The molecule has 3 aromatic rings. The SMILES string of the molecule is Cc1cc(N)ccc1Oc1ccn2ncnc2c1. The number of rotatable bonds is 2. The summed E-state index contributed by atoms with van der Waals surface area (Å²) in [6.45, 7) is 1.96. The highest BCUT2D eigenvalue weighted by Gasteiger charge is 2.03. The van der Waals surface area contributed by atoms with Gasteiger partial charge in [-0.2, -0.15) is 5.10 Å². The van der Waals surface area contributed by atoms with Crippen molar-refractivity contribution < 1.29 is 4.74 Å². The molecule has 2 heterocycles. The van der Waals surface area contributed by atoms with Crippen molar-refractivity contribution in [3.63, 3.8) is 0 Å². The molecule has 0 bridgehead atoms. The number of benzene rings is 1. The summed E-state index contributed by atoms with van der Waals surface area (Å²) in [6, 6.07) is 9.24. The zero-order valence-corrected chi connectivity index (χ0v) is 9.87. The van der Waals surface area contributed by atoms with Crippen LogP contribution >= 0.6 is 0 Å². The number of nitrogens with zero attached hydrogens (tertiary/aromatic N) is 3. The number of aromatic nitrogens is 3. The molecule has 3 rings (SSSR count). The number of pyridine rings is 1. The van der Waals surface area contributed by atoms with E-state index in [1.165, 1.54) is 6.33 Å². The molecule has 0 saturated carbocycles. The van der Waals surface area contributed by atoms with E-state index < -0.39 is 0 Å². The van der Waals surface area contributed by atoms with E-state index in [0.29, 0.717) is 0 Å². The van der Waals surface area contributed by atoms with Gasteiger partial charge in [0.15, 0.2) is 5.65 Å². The van der Waals surface area contributed by atoms with E-state index in [0.717, 1.165) is 28.4 Å². The largest absolute Gasteiger partial charge is 0.457 e. The maximum Gasteiger partial charge on any atom is 0.158 e. The van der Waals surface area contributed by atoms with Gasteiger partial charge in [-0.3, -0.25) is 0 Å². The molecule has 0 fully saturated rings. The third kappa shape index (κ3) is 1.86. The minimum absolute atomic E-state index is 0.725. The van der Waals surface area contributed by atoms with Crippen LogP contribution in [0.2, 0.25) is 0 Å². The predicted molar refractivity (Wildman–Crippen MR) is 68.7 cm³/mol. The number of ether oxygens (including phenoxy) is 1. The lowest BCUT2D eigenvalue weighted by atomic mass is 10.2. The van der Waals surface area contributed by atoms with Gasteiger partial charge in [-0.25, -0.2) is 9.50 Å². The molecular formula is C13H12N4O. The zero-order chi connectivity index (χ0) is 12.5. The van der Waals surface area contributed by atoms with E-state index in [1.807, 2.05) is 43.5 Å². The lowest BCUT2D eigenvalue weighted by molar-refractivity contribution is 0.478. The molecule has 0 unspecified atom stereocenters. The number of fused-ring (bicyclic) bond motifs is 1. The number of hydrogen-bond donors (Lipinski definition) is 1. The second-order valence-corrected chi connectivity index (χ2v) is 4.05. The van der Waals surface area contributed by atoms with Gasteiger partial charge in [0.25, 0.3) is 0 Å². The minimum atomic E-state index is 0.725. The standard InChI is InChI=1S/C13H12N4O/c1-9-6-10(14)2-3-12(9)18-11-4-5-17-13(7-11)15-8-16-17/h2-8H,14H2,1H3. The Hall–Kier alpha value is -2.56. The Morgan fingerprint density at radius 2 is 2.11 bits per heavy atom. The molecule has 0 aliphatic heterocycles. The van der Waals surface area contributed by atoms with Crippen molar-refractivity contribution in [1.82, 2.24) is 14.6 Å². The molecule has 0 aliphatic carbocycles. The predicted octanol–water partition coefficient (Wildman–Crippen LogP) is 2.41. The third-order valence-electron chi connectivity index (χ3n) is 2.68. The molecule has 5 heteroatoms. The van der Waals surface area contributed by atoms with Crippen LogP contribution in [0.1, 0.15) is 5.56 Å². The van der Waals surface area contributed by atoms with Crippen LogP contribution in [0.15, 0.2) is 42.9 Å². The van der Waals surface area contributed by atoms with Crippen molar-refractivity contribution in [2.75, 3.05) is 5.73 Å². The van der Waals surface area contributed by atoms with Crippen molar-refractivity contribution >= 4 is 11.3 Å². The zero-order valence-electron chi connectivity index (χ0n) is 9.87. The lowest BCUT2D eigenvalue weighted by Crippen LogP contribution is -1.92. The van der Waals surface area contributed by atoms with Crippen LogP contribution in [-0.2, 0) is 0 Å². The number of hydrogen-bond acceptors (Lipinski definition) is 4. The van der Waals surface area contributed by atoms with Gasteiger partial charge in [-0.15, -0.1) is 0 Å². The van der Waals surface area contributed by atoms with Crippen molar-refractivity contribution in [2.24, 2.45) is 0 Å². The first-order valence-corrected chi connectivity index (χ1v) is 5.56. The Morgan fingerprint density at radius 1 is 1.22 bits per heavy atom. The summed E-state index contributed by atoms with van der Waals surface area (Å²) < 4.78 is 7.49. The average Bonchev–Trinajstić information content (AvgIpc) is 2.80. The number of anilines is 1. The first kappa shape index (κ1) is 10.6. The summed E-state index contributed by atoms with van der Waals surface area (Å²) in [5.41, 5.74) is 8.18. The molecular weight excluding hydrogens is 228 g/mol. The quantitative estimate of drug-likeness (QED) is 0.698. The van der Waals surface area contributed by atoms with E-state index in [2.05, 4.69) is 10.1 Å². The van der Waals surface area contributed by atoms with E-state index >= 15 is 0 Å². The van der Waals surface area contributed by atoms with Gasteiger partial charge in [-0.1, -0.05) is 0 Å². The van der Waals surface area contributed by atoms with Gasteiger partial charge in [0.05, 0.1) is 0 Å². The van der Waals surface area contributed by atoms with Gasteiger partial charge >= 0.3 is 0 Å². The van der Waals surface area contributed by atoms with Crippen molar-refractivity contribution in [2.45, 2.75) is 6.92 Å². The maximum absolute atomic E-state index is 5.80. The molecule has 5 nitrogen and oxygen atoms in total. The number of nitrogen functional groups attached to an aromatic ring is 1. The number of aryl methyl sites for hydroxylation is 1. The van der Waals surface area contributed by atoms with Crippen LogP contribution in [0.4, 0.5) is 5.69 Å². The highest BCUT2D eigenvalue weighted by molar-refractivity contribution is 5.50. The van der Waals surface area contributed by atoms with E-state index in [4.69, 9.17) is 10.5 Å². The van der Waals surface area contributed by atoms with Gasteiger partial charge in [0, 0.05) is 18.0 Å². The first-order chi connectivity index (χ1) is 8.72. The maximum atomic E-state index is 5.80. The van der Waals surface area contributed by atoms with Gasteiger partial charge in [0.1, 0.15) is 17.8 Å². The highest BCUT2D eigenvalue weighted by Crippen LogP contribution is 2.26. The molecule has 0 saturated heterocycles. The Kier molecular flexibility index (Phi) is 2.37. The van der Waals surface area contributed by atoms with E-state index in [9.17, 15) is 0 Å². The van der Waals surface area contributed by atoms with Gasteiger partial charge < -0.3 is 10.5 Å². The molecule has 0 radical (unpaired) electrons. The fourth-order valence-corrected chi connectivity index (χ4v) is 1.77. The molecule has 0 aliphatic rings. The fourth-order valence-electron chi connectivity index (χ4n) is 1.77. The van der Waals surface area contributed by atoms with Crippen molar-refractivity contribution in [3.8, 4) is 11.5 Å². The average molecular weight is 240 g/mol. The van der Waals surface area contributed by atoms with E-state index in [1.54, 1.807) is 4.52 Å². The summed E-state index contributed by atoms with van der Waals surface area (Å²) >= 11 is 0. The van der Waals surface area contributed by atoms with Crippen LogP contribution in [0.5, 0.6) is 11.5 Å². The normalized spacial score (nSPS) is 10.7. The fraction of sp³-hybridized carbons (Fsp3) is 0.0769. The highest BCUT2D eigenvalue weighted by atomic mass is 16.5. The van der Waals surface area contributed by atoms with Crippen molar-refractivity contribution in [3.05, 3.63) is 48.4 Å². The Morgan fingerprint density at radius 3 is 2.94 bits per heavy atom. The van der Waals surface area contributed by atoms with Crippen LogP contribution < -0.4 is 10.5 Å². The summed E-state index contributed by atoms with van der Waals surface area (Å²) in [4.78, 5) is 4.11. The summed E-state index contributed by atoms with van der Waals surface area (Å²) in [5.74, 6) is 1.51. The summed E-state index contributed by atoms with van der Waals surface area (Å²) in [7, 11) is 0. The van der Waals surface area contributed by atoms with Gasteiger partial charge in [-0.05, 0) is 36.8 Å². The van der Waals surface area contributed by atoms with Gasteiger partial charge in [0.2, 0.25) is 0 Å². The van der Waals surface area contributed by atoms with Crippen LogP contribution in [0.3, 0.4) is 0 Å².